The van der Waals surface area contributed by atoms with Gasteiger partial charge in [0.25, 0.3) is 0 Å². The topological polar surface area (TPSA) is 52.3 Å². The summed E-state index contributed by atoms with van der Waals surface area (Å²) in [5, 5.41) is 0. The van der Waals surface area contributed by atoms with Crippen LogP contribution in [0.4, 0.5) is 0 Å². The van der Waals surface area contributed by atoms with Crippen LogP contribution in [0.15, 0.2) is 34.7 Å². The summed E-state index contributed by atoms with van der Waals surface area (Å²) in [6.07, 6.45) is 0. The molecule has 0 saturated carbocycles. The lowest BCUT2D eigenvalue weighted by Crippen LogP contribution is -2.04. The van der Waals surface area contributed by atoms with Gasteiger partial charge in [-0.15, -0.1) is 0 Å². The second kappa shape index (κ2) is 4.82. The summed E-state index contributed by atoms with van der Waals surface area (Å²) < 4.78 is 10.3. The molecule has 0 N–H and O–H groups in total. The van der Waals surface area contributed by atoms with Gasteiger partial charge in [0.15, 0.2) is 0 Å². The van der Waals surface area contributed by atoms with Crippen molar-refractivity contribution in [1.29, 1.82) is 0 Å². The van der Waals surface area contributed by atoms with Crippen LogP contribution in [-0.4, -0.2) is 17.6 Å². The van der Waals surface area contributed by atoms with E-state index in [4.69, 9.17) is 9.15 Å². The molecule has 4 heteroatoms. The first-order valence-corrected chi connectivity index (χ1v) is 5.42. The van der Waals surface area contributed by atoms with E-state index < -0.39 is 5.97 Å². The van der Waals surface area contributed by atoms with Crippen LogP contribution in [0.2, 0.25) is 0 Å². The van der Waals surface area contributed by atoms with Gasteiger partial charge in [0.2, 0.25) is 11.7 Å². The average Bonchev–Trinajstić information content (AvgIpc) is 2.73. The van der Waals surface area contributed by atoms with Gasteiger partial charge in [-0.3, -0.25) is 0 Å². The van der Waals surface area contributed by atoms with Crippen LogP contribution >= 0.6 is 0 Å². The maximum atomic E-state index is 11.6. The van der Waals surface area contributed by atoms with Gasteiger partial charge >= 0.3 is 5.97 Å². The normalized spacial score (nSPS) is 10.2. The third kappa shape index (κ3) is 2.36. The van der Waals surface area contributed by atoms with Crippen molar-refractivity contribution < 1.29 is 13.9 Å². The summed E-state index contributed by atoms with van der Waals surface area (Å²) in [4.78, 5) is 15.8. The zero-order valence-corrected chi connectivity index (χ0v) is 9.77. The van der Waals surface area contributed by atoms with E-state index in [0.29, 0.717) is 18.2 Å². The number of ether oxygens (including phenoxy) is 1. The molecule has 2 aromatic rings. The van der Waals surface area contributed by atoms with Crippen LogP contribution < -0.4 is 0 Å². The molecule has 4 nitrogen and oxygen atoms in total. The number of nitrogens with zero attached hydrogens (tertiary/aromatic N) is 1. The molecule has 0 bridgehead atoms. The smallest absolute Gasteiger partial charge is 0.376 e. The molecule has 0 atom stereocenters. The number of aromatic nitrogens is 1. The number of hydrogen-bond donors (Lipinski definition) is 0. The second-order valence-electron chi connectivity index (χ2n) is 3.52. The van der Waals surface area contributed by atoms with E-state index in [0.717, 1.165) is 5.56 Å². The zero-order valence-electron chi connectivity index (χ0n) is 9.77. The molecule has 2 rings (SSSR count). The summed E-state index contributed by atoms with van der Waals surface area (Å²) in [5.41, 5.74) is 1.38. The lowest BCUT2D eigenvalue weighted by molar-refractivity contribution is 0.0490. The highest BCUT2D eigenvalue weighted by molar-refractivity contribution is 5.87. The second-order valence-corrected chi connectivity index (χ2v) is 3.52. The van der Waals surface area contributed by atoms with Crippen LogP contribution in [-0.2, 0) is 4.74 Å². The van der Waals surface area contributed by atoms with Crippen molar-refractivity contribution in [2.24, 2.45) is 0 Å². The summed E-state index contributed by atoms with van der Waals surface area (Å²) in [5.74, 6) is 0.136. The van der Waals surface area contributed by atoms with Gasteiger partial charge in [-0.2, -0.15) is 0 Å². The summed E-state index contributed by atoms with van der Waals surface area (Å²) >= 11 is 0. The zero-order chi connectivity index (χ0) is 12.3. The maximum absolute atomic E-state index is 11.6. The van der Waals surface area contributed by atoms with Gasteiger partial charge in [-0.1, -0.05) is 18.2 Å². The van der Waals surface area contributed by atoms with E-state index in [9.17, 15) is 4.79 Å². The number of rotatable bonds is 3. The molecule has 0 fully saturated rings. The Labute approximate surface area is 99.2 Å². The highest BCUT2D eigenvalue weighted by Crippen LogP contribution is 2.21. The molecule has 1 aromatic carbocycles. The lowest BCUT2D eigenvalue weighted by Gasteiger charge is -1.97. The van der Waals surface area contributed by atoms with Crippen LogP contribution in [0.25, 0.3) is 11.5 Å². The first-order valence-electron chi connectivity index (χ1n) is 5.42. The van der Waals surface area contributed by atoms with E-state index in [1.807, 2.05) is 30.3 Å². The minimum Gasteiger partial charge on any atom is -0.460 e. The number of carbonyl (C=O) groups is 1. The summed E-state index contributed by atoms with van der Waals surface area (Å²) in [7, 11) is 0. The Morgan fingerprint density at radius 3 is 2.71 bits per heavy atom. The molecule has 0 amide bonds. The summed E-state index contributed by atoms with van der Waals surface area (Å²) in [6.45, 7) is 3.80. The molecule has 17 heavy (non-hydrogen) atoms. The van der Waals surface area contributed by atoms with Crippen molar-refractivity contribution in [3.63, 3.8) is 0 Å². The predicted octanol–water partition coefficient (Wildman–Crippen LogP) is 2.83. The van der Waals surface area contributed by atoms with Gasteiger partial charge in [0, 0.05) is 5.56 Å². The Hall–Kier alpha value is -2.10. The number of esters is 1. The Kier molecular flexibility index (Phi) is 3.23. The molecular formula is C13H13NO3. The Balaban J connectivity index is 2.34. The monoisotopic (exact) mass is 231 g/mol. The minimum absolute atomic E-state index is 0.172. The van der Waals surface area contributed by atoms with E-state index in [2.05, 4.69) is 4.98 Å². The van der Waals surface area contributed by atoms with Crippen molar-refractivity contribution in [3.8, 4) is 11.5 Å². The van der Waals surface area contributed by atoms with Crippen LogP contribution in [0.1, 0.15) is 23.2 Å². The molecule has 0 spiro atoms. The van der Waals surface area contributed by atoms with E-state index >= 15 is 0 Å². The average molecular weight is 231 g/mol. The van der Waals surface area contributed by atoms with Crippen LogP contribution in [0.3, 0.4) is 0 Å². The molecule has 0 aliphatic heterocycles. The Bertz CT molecular complexity index is 517. The van der Waals surface area contributed by atoms with E-state index in [1.54, 1.807) is 13.8 Å². The van der Waals surface area contributed by atoms with Gasteiger partial charge in [-0.05, 0) is 26.0 Å². The molecular weight excluding hydrogens is 218 g/mol. The standard InChI is InChI=1S/C13H13NO3/c1-3-16-13(15)11-9(2)14-12(17-11)10-7-5-4-6-8-10/h4-8H,3H2,1-2H3. The minimum atomic E-state index is -0.473. The lowest BCUT2D eigenvalue weighted by atomic mass is 10.2. The third-order valence-electron chi connectivity index (χ3n) is 2.28. The highest BCUT2D eigenvalue weighted by Gasteiger charge is 2.18. The molecule has 0 saturated heterocycles. The fourth-order valence-corrected chi connectivity index (χ4v) is 1.49. The van der Waals surface area contributed by atoms with Crippen molar-refractivity contribution >= 4 is 5.97 Å². The molecule has 1 heterocycles. The first-order chi connectivity index (χ1) is 8.22. The Morgan fingerprint density at radius 1 is 1.35 bits per heavy atom. The van der Waals surface area contributed by atoms with Crippen LogP contribution in [0.5, 0.6) is 0 Å². The third-order valence-corrected chi connectivity index (χ3v) is 2.28. The van der Waals surface area contributed by atoms with Crippen molar-refractivity contribution in [2.45, 2.75) is 13.8 Å². The fraction of sp³-hybridized carbons (Fsp3) is 0.231. The van der Waals surface area contributed by atoms with Gasteiger partial charge < -0.3 is 9.15 Å². The number of hydrogen-bond acceptors (Lipinski definition) is 4. The van der Waals surface area contributed by atoms with Gasteiger partial charge in [0.05, 0.1) is 12.3 Å². The van der Waals surface area contributed by atoms with E-state index in [-0.39, 0.29) is 5.76 Å². The number of carbonyl (C=O) groups excluding carboxylic acids is 1. The van der Waals surface area contributed by atoms with Crippen molar-refractivity contribution in [2.75, 3.05) is 6.61 Å². The highest BCUT2D eigenvalue weighted by atomic mass is 16.5. The SMILES string of the molecule is CCOC(=O)c1oc(-c2ccccc2)nc1C. The fourth-order valence-electron chi connectivity index (χ4n) is 1.49. The number of oxazole rings is 1. The van der Waals surface area contributed by atoms with Gasteiger partial charge in [-0.25, -0.2) is 9.78 Å². The summed E-state index contributed by atoms with van der Waals surface area (Å²) in [6, 6.07) is 9.43. The van der Waals surface area contributed by atoms with E-state index in [1.165, 1.54) is 0 Å². The number of aryl methyl sites for hydroxylation is 1. The molecule has 0 radical (unpaired) electrons. The quantitative estimate of drug-likeness (QED) is 0.762. The van der Waals surface area contributed by atoms with Gasteiger partial charge in [0.1, 0.15) is 0 Å². The predicted molar refractivity (Wildman–Crippen MR) is 62.6 cm³/mol. The Morgan fingerprint density at radius 2 is 2.06 bits per heavy atom. The molecule has 0 aliphatic rings. The van der Waals surface area contributed by atoms with Crippen molar-refractivity contribution in [3.05, 3.63) is 41.8 Å². The maximum Gasteiger partial charge on any atom is 0.376 e. The molecule has 88 valence electrons. The molecule has 1 aromatic heterocycles. The van der Waals surface area contributed by atoms with Crippen LogP contribution in [0, 0.1) is 6.92 Å². The van der Waals surface area contributed by atoms with Crippen molar-refractivity contribution in [1.82, 2.24) is 4.98 Å². The molecule has 0 aliphatic carbocycles. The largest absolute Gasteiger partial charge is 0.460 e. The molecule has 0 unspecified atom stereocenters. The first kappa shape index (κ1) is 11.4. The number of benzene rings is 1.